The van der Waals surface area contributed by atoms with Crippen molar-refractivity contribution < 1.29 is 14.3 Å². The molecular formula is C18H20N2O4. The lowest BCUT2D eigenvalue weighted by molar-refractivity contribution is -0.147. The molecule has 6 nitrogen and oxygen atoms in total. The highest BCUT2D eigenvalue weighted by atomic mass is 16.5. The molecule has 1 aromatic heterocycles. The summed E-state index contributed by atoms with van der Waals surface area (Å²) < 4.78 is 6.10. The van der Waals surface area contributed by atoms with Gasteiger partial charge in [-0.25, -0.2) is 0 Å². The van der Waals surface area contributed by atoms with Crippen molar-refractivity contribution in [3.8, 4) is 0 Å². The minimum atomic E-state index is -0.645. The highest BCUT2D eigenvalue weighted by Crippen LogP contribution is 2.16. The molecule has 2 aromatic rings. The van der Waals surface area contributed by atoms with Gasteiger partial charge in [0.05, 0.1) is 0 Å². The van der Waals surface area contributed by atoms with E-state index >= 15 is 0 Å². The quantitative estimate of drug-likeness (QED) is 0.824. The maximum Gasteiger partial charge on any atom is 0.326 e. The SMILES string of the molecule is CC(C)c1ccc(NC(=O)COC(=O)Cn2ccccc2=O)cc1. The van der Waals surface area contributed by atoms with Gasteiger partial charge in [0.1, 0.15) is 6.54 Å². The van der Waals surface area contributed by atoms with E-state index in [0.29, 0.717) is 11.6 Å². The molecule has 0 fully saturated rings. The van der Waals surface area contributed by atoms with E-state index in [2.05, 4.69) is 19.2 Å². The van der Waals surface area contributed by atoms with Gasteiger partial charge in [-0.2, -0.15) is 0 Å². The molecule has 0 unspecified atom stereocenters. The monoisotopic (exact) mass is 328 g/mol. The third-order valence-corrected chi connectivity index (χ3v) is 3.42. The summed E-state index contributed by atoms with van der Waals surface area (Å²) >= 11 is 0. The summed E-state index contributed by atoms with van der Waals surface area (Å²) in [6.45, 7) is 3.55. The Kier molecular flexibility index (Phi) is 5.89. The third-order valence-electron chi connectivity index (χ3n) is 3.42. The Balaban J connectivity index is 1.81. The van der Waals surface area contributed by atoms with Gasteiger partial charge in [0.2, 0.25) is 0 Å². The minimum Gasteiger partial charge on any atom is -0.454 e. The van der Waals surface area contributed by atoms with Crippen LogP contribution in [0.1, 0.15) is 25.3 Å². The molecule has 2 rings (SSSR count). The first-order chi connectivity index (χ1) is 11.5. The van der Waals surface area contributed by atoms with Gasteiger partial charge in [-0.3, -0.25) is 14.4 Å². The second-order valence-electron chi connectivity index (χ2n) is 5.65. The molecule has 0 radical (unpaired) electrons. The number of hydrogen-bond donors (Lipinski definition) is 1. The normalized spacial score (nSPS) is 10.5. The molecule has 24 heavy (non-hydrogen) atoms. The lowest BCUT2D eigenvalue weighted by atomic mass is 10.0. The summed E-state index contributed by atoms with van der Waals surface area (Å²) in [5, 5.41) is 2.65. The zero-order valence-electron chi connectivity index (χ0n) is 13.7. The maximum absolute atomic E-state index is 11.8. The molecule has 126 valence electrons. The number of amides is 1. The van der Waals surface area contributed by atoms with Crippen LogP contribution in [0.25, 0.3) is 0 Å². The van der Waals surface area contributed by atoms with Crippen molar-refractivity contribution in [2.75, 3.05) is 11.9 Å². The number of aromatic nitrogens is 1. The molecule has 0 aliphatic heterocycles. The van der Waals surface area contributed by atoms with E-state index in [9.17, 15) is 14.4 Å². The van der Waals surface area contributed by atoms with E-state index in [1.165, 1.54) is 22.4 Å². The number of esters is 1. The van der Waals surface area contributed by atoms with Crippen LogP contribution in [0.4, 0.5) is 5.69 Å². The number of anilines is 1. The average Bonchev–Trinajstić information content (AvgIpc) is 2.55. The first-order valence-corrected chi connectivity index (χ1v) is 7.66. The summed E-state index contributed by atoms with van der Waals surface area (Å²) in [5.74, 6) is -0.660. The van der Waals surface area contributed by atoms with Crippen LogP contribution in [0.15, 0.2) is 53.5 Å². The van der Waals surface area contributed by atoms with Gasteiger partial charge in [0.25, 0.3) is 11.5 Å². The van der Waals surface area contributed by atoms with Gasteiger partial charge in [-0.05, 0) is 29.7 Å². The molecule has 1 aromatic carbocycles. The first kappa shape index (κ1) is 17.5. The van der Waals surface area contributed by atoms with Gasteiger partial charge in [-0.1, -0.05) is 32.0 Å². The van der Waals surface area contributed by atoms with Gasteiger partial charge in [0, 0.05) is 18.0 Å². The maximum atomic E-state index is 11.8. The Bertz CT molecular complexity index is 763. The van der Waals surface area contributed by atoms with Crippen molar-refractivity contribution >= 4 is 17.6 Å². The molecule has 1 N–H and O–H groups in total. The molecule has 0 spiro atoms. The van der Waals surface area contributed by atoms with E-state index in [0.717, 1.165) is 0 Å². The van der Waals surface area contributed by atoms with Gasteiger partial charge >= 0.3 is 5.97 Å². The Hall–Kier alpha value is -2.89. The predicted molar refractivity (Wildman–Crippen MR) is 90.8 cm³/mol. The molecule has 0 saturated heterocycles. The van der Waals surface area contributed by atoms with E-state index in [1.54, 1.807) is 24.3 Å². The smallest absolute Gasteiger partial charge is 0.326 e. The zero-order valence-corrected chi connectivity index (χ0v) is 13.7. The number of nitrogens with one attached hydrogen (secondary N) is 1. The van der Waals surface area contributed by atoms with Crippen LogP contribution in [-0.2, 0) is 20.9 Å². The van der Waals surface area contributed by atoms with E-state index in [1.807, 2.05) is 12.1 Å². The first-order valence-electron chi connectivity index (χ1n) is 7.66. The fourth-order valence-corrected chi connectivity index (χ4v) is 2.07. The van der Waals surface area contributed by atoms with Crippen LogP contribution in [0, 0.1) is 0 Å². The standard InChI is InChI=1S/C18H20N2O4/c1-13(2)14-6-8-15(9-7-14)19-16(21)12-24-18(23)11-20-10-4-3-5-17(20)22/h3-10,13H,11-12H2,1-2H3,(H,19,21). The fraction of sp³-hybridized carbons (Fsp3) is 0.278. The number of hydrogen-bond acceptors (Lipinski definition) is 4. The molecule has 0 aliphatic carbocycles. The van der Waals surface area contributed by atoms with Crippen molar-refractivity contribution in [2.24, 2.45) is 0 Å². The molecule has 6 heteroatoms. The largest absolute Gasteiger partial charge is 0.454 e. The van der Waals surface area contributed by atoms with Crippen LogP contribution in [0.5, 0.6) is 0 Å². The van der Waals surface area contributed by atoms with E-state index < -0.39 is 18.5 Å². The van der Waals surface area contributed by atoms with Crippen molar-refractivity contribution in [2.45, 2.75) is 26.3 Å². The van der Waals surface area contributed by atoms with Crippen LogP contribution in [0.3, 0.4) is 0 Å². The lowest BCUT2D eigenvalue weighted by Gasteiger charge is -2.09. The number of carbonyl (C=O) groups excluding carboxylic acids is 2. The van der Waals surface area contributed by atoms with Crippen molar-refractivity contribution in [3.63, 3.8) is 0 Å². The molecule has 0 aliphatic rings. The van der Waals surface area contributed by atoms with Crippen molar-refractivity contribution in [3.05, 3.63) is 64.6 Å². The highest BCUT2D eigenvalue weighted by Gasteiger charge is 2.09. The number of benzene rings is 1. The van der Waals surface area contributed by atoms with Crippen molar-refractivity contribution in [1.29, 1.82) is 0 Å². The number of ether oxygens (including phenoxy) is 1. The summed E-state index contributed by atoms with van der Waals surface area (Å²) in [7, 11) is 0. The number of rotatable bonds is 6. The average molecular weight is 328 g/mol. The van der Waals surface area contributed by atoms with Gasteiger partial charge in [0.15, 0.2) is 6.61 Å². The van der Waals surface area contributed by atoms with E-state index in [-0.39, 0.29) is 12.1 Å². The fourth-order valence-electron chi connectivity index (χ4n) is 2.07. The Morgan fingerprint density at radius 1 is 1.12 bits per heavy atom. The van der Waals surface area contributed by atoms with Gasteiger partial charge in [-0.15, -0.1) is 0 Å². The molecule has 0 atom stereocenters. The molecule has 0 bridgehead atoms. The summed E-state index contributed by atoms with van der Waals surface area (Å²) in [6.07, 6.45) is 1.49. The van der Waals surface area contributed by atoms with Crippen LogP contribution >= 0.6 is 0 Å². The number of carbonyl (C=O) groups is 2. The minimum absolute atomic E-state index is 0.226. The molecule has 0 saturated carbocycles. The topological polar surface area (TPSA) is 77.4 Å². The Morgan fingerprint density at radius 2 is 1.83 bits per heavy atom. The molecule has 1 heterocycles. The predicted octanol–water partition coefficient (Wildman–Crippen LogP) is 2.15. The molecular weight excluding hydrogens is 308 g/mol. The van der Waals surface area contributed by atoms with Gasteiger partial charge < -0.3 is 14.6 Å². The van der Waals surface area contributed by atoms with Crippen LogP contribution < -0.4 is 10.9 Å². The number of pyridine rings is 1. The number of nitrogens with zero attached hydrogens (tertiary/aromatic N) is 1. The third kappa shape index (κ3) is 5.08. The second kappa shape index (κ2) is 8.10. The second-order valence-corrected chi connectivity index (χ2v) is 5.65. The van der Waals surface area contributed by atoms with Crippen LogP contribution in [-0.4, -0.2) is 23.1 Å². The lowest BCUT2D eigenvalue weighted by Crippen LogP contribution is -2.26. The summed E-state index contributed by atoms with van der Waals surface area (Å²) in [6, 6.07) is 12.1. The zero-order chi connectivity index (χ0) is 17.5. The van der Waals surface area contributed by atoms with Crippen molar-refractivity contribution in [1.82, 2.24) is 4.57 Å². The van der Waals surface area contributed by atoms with E-state index in [4.69, 9.17) is 4.74 Å². The highest BCUT2D eigenvalue weighted by molar-refractivity contribution is 5.92. The Morgan fingerprint density at radius 3 is 2.46 bits per heavy atom. The molecule has 1 amide bonds. The summed E-state index contributed by atoms with van der Waals surface area (Å²) in [4.78, 5) is 35.0. The summed E-state index contributed by atoms with van der Waals surface area (Å²) in [5.41, 5.74) is 1.51. The Labute approximate surface area is 140 Å². The van der Waals surface area contributed by atoms with Crippen LogP contribution in [0.2, 0.25) is 0 Å².